The van der Waals surface area contributed by atoms with E-state index < -0.39 is 0 Å². The number of ether oxygens (including phenoxy) is 1. The van der Waals surface area contributed by atoms with Crippen molar-refractivity contribution in [3.05, 3.63) is 18.1 Å². The highest BCUT2D eigenvalue weighted by Gasteiger charge is 2.27. The first-order chi connectivity index (χ1) is 9.76. The first kappa shape index (κ1) is 13.8. The molecule has 110 valence electrons. The summed E-state index contributed by atoms with van der Waals surface area (Å²) in [6, 6.07) is 1.11. The van der Waals surface area contributed by atoms with E-state index in [2.05, 4.69) is 29.0 Å². The molecule has 0 spiro atoms. The number of nitrogens with one attached hydrogen (secondary N) is 1. The van der Waals surface area contributed by atoms with Crippen molar-refractivity contribution in [1.29, 1.82) is 0 Å². The molecule has 1 N–H and O–H groups in total. The van der Waals surface area contributed by atoms with Gasteiger partial charge in [0.2, 0.25) is 0 Å². The molecule has 1 aliphatic heterocycles. The minimum absolute atomic E-state index is 0.257. The molecule has 0 radical (unpaired) electrons. The monoisotopic (exact) mass is 276 g/mol. The standard InChI is InChI=1S/C15H24N4O/c1-3-14-10-20-11(2)9-19(14)15-8-16-6-13(18-15)7-17-12-4-5-12/h6,8,11-12,14,17H,3-5,7,9-10H2,1-2H3. The predicted octanol–water partition coefficient (Wildman–Crippen LogP) is 1.73. The van der Waals surface area contributed by atoms with Gasteiger partial charge in [0, 0.05) is 25.3 Å². The molecule has 2 unspecified atom stereocenters. The number of nitrogens with zero attached hydrogens (tertiary/aromatic N) is 3. The summed E-state index contributed by atoms with van der Waals surface area (Å²) < 4.78 is 5.75. The third-order valence-corrected chi connectivity index (χ3v) is 4.05. The Kier molecular flexibility index (Phi) is 4.17. The van der Waals surface area contributed by atoms with Crippen LogP contribution >= 0.6 is 0 Å². The predicted molar refractivity (Wildman–Crippen MR) is 78.7 cm³/mol. The second kappa shape index (κ2) is 6.06. The molecule has 5 nitrogen and oxygen atoms in total. The van der Waals surface area contributed by atoms with Gasteiger partial charge in [-0.2, -0.15) is 0 Å². The highest BCUT2D eigenvalue weighted by molar-refractivity contribution is 5.39. The Bertz CT molecular complexity index is 449. The molecule has 0 aromatic carbocycles. The van der Waals surface area contributed by atoms with Gasteiger partial charge < -0.3 is 15.0 Å². The van der Waals surface area contributed by atoms with Crippen molar-refractivity contribution >= 4 is 5.82 Å². The molecule has 0 bridgehead atoms. The van der Waals surface area contributed by atoms with E-state index in [1.165, 1.54) is 12.8 Å². The molecule has 1 saturated carbocycles. The first-order valence-corrected chi connectivity index (χ1v) is 7.68. The van der Waals surface area contributed by atoms with Gasteiger partial charge in [-0.25, -0.2) is 4.98 Å². The largest absolute Gasteiger partial charge is 0.375 e. The van der Waals surface area contributed by atoms with Crippen LogP contribution in [0.25, 0.3) is 0 Å². The minimum Gasteiger partial charge on any atom is -0.375 e. The van der Waals surface area contributed by atoms with E-state index in [0.29, 0.717) is 12.1 Å². The van der Waals surface area contributed by atoms with E-state index in [1.807, 2.05) is 12.4 Å². The summed E-state index contributed by atoms with van der Waals surface area (Å²) in [6.07, 6.45) is 7.66. The summed E-state index contributed by atoms with van der Waals surface area (Å²) in [7, 11) is 0. The van der Waals surface area contributed by atoms with E-state index in [-0.39, 0.29) is 6.10 Å². The van der Waals surface area contributed by atoms with Crippen LogP contribution in [0.1, 0.15) is 38.8 Å². The number of anilines is 1. The molecule has 2 aliphatic rings. The molecule has 1 saturated heterocycles. The smallest absolute Gasteiger partial charge is 0.147 e. The SMILES string of the molecule is CCC1COC(C)CN1c1cncc(CNC2CC2)n1. The molecule has 0 amide bonds. The Morgan fingerprint density at radius 3 is 3.00 bits per heavy atom. The Balaban J connectivity index is 1.71. The minimum atomic E-state index is 0.257. The van der Waals surface area contributed by atoms with Crippen LogP contribution in [0.3, 0.4) is 0 Å². The Morgan fingerprint density at radius 1 is 1.40 bits per heavy atom. The summed E-state index contributed by atoms with van der Waals surface area (Å²) in [6.45, 7) is 6.81. The first-order valence-electron chi connectivity index (χ1n) is 7.68. The quantitative estimate of drug-likeness (QED) is 0.887. The zero-order valence-corrected chi connectivity index (χ0v) is 12.4. The Morgan fingerprint density at radius 2 is 2.25 bits per heavy atom. The van der Waals surface area contributed by atoms with Crippen LogP contribution in [0.4, 0.5) is 5.82 Å². The maximum atomic E-state index is 5.75. The van der Waals surface area contributed by atoms with E-state index in [4.69, 9.17) is 9.72 Å². The van der Waals surface area contributed by atoms with Crippen LogP contribution in [0.5, 0.6) is 0 Å². The molecule has 2 atom stereocenters. The summed E-state index contributed by atoms with van der Waals surface area (Å²) >= 11 is 0. The number of hydrogen-bond acceptors (Lipinski definition) is 5. The van der Waals surface area contributed by atoms with E-state index in [1.54, 1.807) is 0 Å². The molecule has 2 heterocycles. The average molecular weight is 276 g/mol. The fraction of sp³-hybridized carbons (Fsp3) is 0.733. The van der Waals surface area contributed by atoms with Crippen molar-refractivity contribution in [1.82, 2.24) is 15.3 Å². The van der Waals surface area contributed by atoms with Crippen molar-refractivity contribution in [3.8, 4) is 0 Å². The fourth-order valence-electron chi connectivity index (χ4n) is 2.62. The molecule has 2 fully saturated rings. The van der Waals surface area contributed by atoms with Gasteiger partial charge in [0.25, 0.3) is 0 Å². The van der Waals surface area contributed by atoms with Gasteiger partial charge in [-0.1, -0.05) is 6.92 Å². The van der Waals surface area contributed by atoms with Gasteiger partial charge in [-0.15, -0.1) is 0 Å². The van der Waals surface area contributed by atoms with Gasteiger partial charge in [-0.05, 0) is 26.2 Å². The number of morpholine rings is 1. The van der Waals surface area contributed by atoms with Crippen LogP contribution in [-0.2, 0) is 11.3 Å². The molecule has 20 heavy (non-hydrogen) atoms. The molecule has 1 aromatic rings. The van der Waals surface area contributed by atoms with Crippen LogP contribution < -0.4 is 10.2 Å². The van der Waals surface area contributed by atoms with Crippen molar-refractivity contribution in [3.63, 3.8) is 0 Å². The lowest BCUT2D eigenvalue weighted by Crippen LogP contribution is -2.49. The molecule has 5 heteroatoms. The lowest BCUT2D eigenvalue weighted by atomic mass is 10.1. The van der Waals surface area contributed by atoms with Gasteiger partial charge >= 0.3 is 0 Å². The van der Waals surface area contributed by atoms with Crippen molar-refractivity contribution in [2.45, 2.75) is 57.8 Å². The average Bonchev–Trinajstić information content (AvgIpc) is 3.30. The van der Waals surface area contributed by atoms with Crippen molar-refractivity contribution < 1.29 is 4.74 Å². The molecule has 1 aromatic heterocycles. The Labute approximate surface area is 120 Å². The number of hydrogen-bond donors (Lipinski definition) is 1. The summed E-state index contributed by atoms with van der Waals surface area (Å²) in [5.41, 5.74) is 1.03. The fourth-order valence-corrected chi connectivity index (χ4v) is 2.62. The lowest BCUT2D eigenvalue weighted by Gasteiger charge is -2.39. The highest BCUT2D eigenvalue weighted by atomic mass is 16.5. The number of rotatable bonds is 5. The maximum absolute atomic E-state index is 5.75. The summed E-state index contributed by atoms with van der Waals surface area (Å²) in [5.74, 6) is 0.988. The van der Waals surface area contributed by atoms with E-state index >= 15 is 0 Å². The second-order valence-electron chi connectivity index (χ2n) is 5.88. The topological polar surface area (TPSA) is 50.3 Å². The van der Waals surface area contributed by atoms with Crippen LogP contribution in [0, 0.1) is 0 Å². The van der Waals surface area contributed by atoms with Crippen LogP contribution in [0.2, 0.25) is 0 Å². The highest BCUT2D eigenvalue weighted by Crippen LogP contribution is 2.22. The zero-order valence-electron chi connectivity index (χ0n) is 12.4. The lowest BCUT2D eigenvalue weighted by molar-refractivity contribution is 0.0296. The van der Waals surface area contributed by atoms with Crippen LogP contribution in [0.15, 0.2) is 12.4 Å². The van der Waals surface area contributed by atoms with Crippen LogP contribution in [-0.4, -0.2) is 41.3 Å². The normalized spacial score (nSPS) is 26.8. The second-order valence-corrected chi connectivity index (χ2v) is 5.88. The summed E-state index contributed by atoms with van der Waals surface area (Å²) in [5, 5.41) is 3.49. The zero-order chi connectivity index (χ0) is 13.9. The molecule has 1 aliphatic carbocycles. The van der Waals surface area contributed by atoms with Gasteiger partial charge in [0.15, 0.2) is 0 Å². The van der Waals surface area contributed by atoms with Gasteiger partial charge in [0.1, 0.15) is 5.82 Å². The number of aromatic nitrogens is 2. The third-order valence-electron chi connectivity index (χ3n) is 4.05. The van der Waals surface area contributed by atoms with Crippen molar-refractivity contribution in [2.24, 2.45) is 0 Å². The molecular formula is C15H24N4O. The van der Waals surface area contributed by atoms with E-state index in [9.17, 15) is 0 Å². The maximum Gasteiger partial charge on any atom is 0.147 e. The third kappa shape index (κ3) is 3.27. The van der Waals surface area contributed by atoms with Gasteiger partial charge in [0.05, 0.1) is 30.6 Å². The van der Waals surface area contributed by atoms with Crippen molar-refractivity contribution in [2.75, 3.05) is 18.1 Å². The Hall–Kier alpha value is -1.20. The molecule has 3 rings (SSSR count). The van der Waals surface area contributed by atoms with E-state index in [0.717, 1.165) is 37.6 Å². The van der Waals surface area contributed by atoms with Gasteiger partial charge in [-0.3, -0.25) is 4.98 Å². The summed E-state index contributed by atoms with van der Waals surface area (Å²) in [4.78, 5) is 11.5. The molecular weight excluding hydrogens is 252 g/mol.